The fraction of sp³-hybridized carbons (Fsp3) is 0.440. The Kier molecular flexibility index (Phi) is 19.5. The van der Waals surface area contributed by atoms with Gasteiger partial charge in [0.1, 0.15) is 6.29 Å². The third kappa shape index (κ3) is 12.1. The lowest BCUT2D eigenvalue weighted by molar-refractivity contribution is -0.114. The number of benzene rings is 1. The van der Waals surface area contributed by atoms with Crippen LogP contribution in [-0.2, 0) is 9.59 Å². The molecule has 0 amide bonds. The van der Waals surface area contributed by atoms with Crippen molar-refractivity contribution in [3.63, 3.8) is 0 Å². The molecule has 4 heteroatoms. The molecule has 164 valence electrons. The largest absolute Gasteiger partial charge is 0.392 e. The topological polar surface area (TPSA) is 46.2 Å². The van der Waals surface area contributed by atoms with E-state index in [1.165, 1.54) is 12.5 Å². The molecule has 0 saturated heterocycles. The summed E-state index contributed by atoms with van der Waals surface area (Å²) in [4.78, 5) is 20.6. The van der Waals surface area contributed by atoms with Gasteiger partial charge < -0.3 is 5.32 Å². The predicted molar refractivity (Wildman–Crippen MR) is 131 cm³/mol. The molecule has 0 heterocycles. The van der Waals surface area contributed by atoms with Gasteiger partial charge in [-0.05, 0) is 80.3 Å². The molecule has 0 aliphatic rings. The zero-order valence-corrected chi connectivity index (χ0v) is 21.0. The molecule has 0 aromatic heterocycles. The summed E-state index contributed by atoms with van der Waals surface area (Å²) >= 11 is 6.19. The second-order valence-corrected chi connectivity index (χ2v) is 6.34. The minimum atomic E-state index is -0.0420. The van der Waals surface area contributed by atoms with Crippen LogP contribution in [0.25, 0.3) is 12.2 Å². The van der Waals surface area contributed by atoms with E-state index >= 15 is 0 Å². The van der Waals surface area contributed by atoms with Crippen molar-refractivity contribution in [1.82, 2.24) is 5.32 Å². The van der Waals surface area contributed by atoms with Crippen LogP contribution in [0.2, 0.25) is 5.02 Å². The van der Waals surface area contributed by atoms with E-state index in [0.717, 1.165) is 26.7 Å². The van der Waals surface area contributed by atoms with Crippen molar-refractivity contribution in [2.24, 2.45) is 0 Å². The number of aldehydes is 1. The summed E-state index contributed by atoms with van der Waals surface area (Å²) in [6, 6.07) is 4.09. The van der Waals surface area contributed by atoms with Gasteiger partial charge in [-0.25, -0.2) is 0 Å². The van der Waals surface area contributed by atoms with E-state index in [0.29, 0.717) is 17.4 Å². The molecule has 0 radical (unpaired) electrons. The number of Topliss-reactive ketones (excluding diaryl/α,β-unsaturated/α-hetero) is 1. The maximum absolute atomic E-state index is 10.5. The molecule has 1 rings (SSSR count). The van der Waals surface area contributed by atoms with E-state index in [4.69, 9.17) is 11.6 Å². The van der Waals surface area contributed by atoms with E-state index in [1.54, 1.807) is 13.8 Å². The van der Waals surface area contributed by atoms with Gasteiger partial charge >= 0.3 is 0 Å². The summed E-state index contributed by atoms with van der Waals surface area (Å²) in [6.45, 7) is 22.8. The average molecular weight is 422 g/mol. The highest BCUT2D eigenvalue weighted by atomic mass is 35.5. The van der Waals surface area contributed by atoms with Gasteiger partial charge in [0.05, 0.1) is 5.02 Å². The molecule has 0 spiro atoms. The van der Waals surface area contributed by atoms with Gasteiger partial charge in [-0.1, -0.05) is 58.0 Å². The minimum absolute atomic E-state index is 0.0420. The third-order valence-corrected chi connectivity index (χ3v) is 4.51. The minimum Gasteiger partial charge on any atom is -0.392 e. The van der Waals surface area contributed by atoms with Gasteiger partial charge in [0.25, 0.3) is 0 Å². The molecule has 0 aliphatic heterocycles. The Balaban J connectivity index is -0.000000443. The maximum atomic E-state index is 10.5. The number of hydrogen-bond acceptors (Lipinski definition) is 3. The van der Waals surface area contributed by atoms with Crippen LogP contribution < -0.4 is 15.8 Å². The highest BCUT2D eigenvalue weighted by molar-refractivity contribution is 6.31. The van der Waals surface area contributed by atoms with Gasteiger partial charge in [-0.3, -0.25) is 9.59 Å². The standard InChI is InChI=1S/C14H18ClN.C7H10O2.2C2H6/c1-9-6-7-13(12(4)14(9)15)10(2)8-11(3)16-5;1-5(4-8)6(2)7(3)9;2*1-2/h6-8,16H,4H2,1-3,5H3;4H,1-3H3;2*1-2H3/b11-8+,13-10-;6-5-;;. The van der Waals surface area contributed by atoms with Crippen LogP contribution in [0.5, 0.6) is 0 Å². The zero-order chi connectivity index (χ0) is 23.7. The molecular weight excluding hydrogens is 382 g/mol. The van der Waals surface area contributed by atoms with Crippen LogP contribution in [0.15, 0.2) is 35.1 Å². The van der Waals surface area contributed by atoms with Crippen molar-refractivity contribution in [2.45, 2.75) is 69.2 Å². The first-order valence-corrected chi connectivity index (χ1v) is 10.4. The Morgan fingerprint density at radius 3 is 1.86 bits per heavy atom. The Labute approximate surface area is 183 Å². The molecule has 1 aromatic carbocycles. The molecule has 0 bridgehead atoms. The summed E-state index contributed by atoms with van der Waals surface area (Å²) in [5, 5.41) is 5.86. The van der Waals surface area contributed by atoms with Crippen molar-refractivity contribution in [1.29, 1.82) is 0 Å². The SMILES string of the molecule is C=c1c(Cl)c(C)cc/c1=C(C)/C=C(\C)NC.CC.CC.CC(=O)/C(C)=C(/C)C=O. The maximum Gasteiger partial charge on any atom is 0.155 e. The number of halogens is 1. The monoisotopic (exact) mass is 421 g/mol. The van der Waals surface area contributed by atoms with Gasteiger partial charge in [0.15, 0.2) is 5.78 Å². The van der Waals surface area contributed by atoms with Crippen LogP contribution in [0.1, 0.15) is 67.9 Å². The lowest BCUT2D eigenvalue weighted by Crippen LogP contribution is -2.26. The highest BCUT2D eigenvalue weighted by Crippen LogP contribution is 2.06. The number of ketones is 1. The molecular formula is C25H40ClNO2. The summed E-state index contributed by atoms with van der Waals surface area (Å²) in [5.74, 6) is -0.0420. The Bertz CT molecular complexity index is 818. The lowest BCUT2D eigenvalue weighted by atomic mass is 10.1. The fourth-order valence-corrected chi connectivity index (χ4v) is 2.11. The number of allylic oxidation sites excluding steroid dienone is 4. The molecule has 0 atom stereocenters. The molecule has 1 aromatic rings. The van der Waals surface area contributed by atoms with Crippen LogP contribution in [0, 0.1) is 6.92 Å². The highest BCUT2D eigenvalue weighted by Gasteiger charge is 1.99. The van der Waals surface area contributed by atoms with Crippen molar-refractivity contribution in [3.05, 3.63) is 56.1 Å². The van der Waals surface area contributed by atoms with E-state index < -0.39 is 0 Å². The Hall–Kier alpha value is -2.13. The molecule has 3 nitrogen and oxygen atoms in total. The van der Waals surface area contributed by atoms with Gasteiger partial charge in [-0.2, -0.15) is 0 Å². The predicted octanol–water partition coefficient (Wildman–Crippen LogP) is 5.52. The number of aryl methyl sites for hydroxylation is 1. The quantitative estimate of drug-likeness (QED) is 0.514. The van der Waals surface area contributed by atoms with Crippen molar-refractivity contribution in [2.75, 3.05) is 7.05 Å². The second kappa shape index (κ2) is 17.9. The summed E-state index contributed by atoms with van der Waals surface area (Å²) < 4.78 is 0. The molecule has 29 heavy (non-hydrogen) atoms. The molecule has 0 aliphatic carbocycles. The number of hydrogen-bond donors (Lipinski definition) is 1. The summed E-state index contributed by atoms with van der Waals surface area (Å²) in [7, 11) is 1.91. The van der Waals surface area contributed by atoms with E-state index in [2.05, 4.69) is 31.0 Å². The average Bonchev–Trinajstić information content (AvgIpc) is 2.73. The van der Waals surface area contributed by atoms with Crippen LogP contribution in [0.3, 0.4) is 0 Å². The van der Waals surface area contributed by atoms with Crippen LogP contribution in [-0.4, -0.2) is 19.1 Å². The first kappa shape index (κ1) is 31.6. The number of nitrogens with one attached hydrogen (secondary N) is 1. The van der Waals surface area contributed by atoms with E-state index in [1.807, 2.05) is 54.7 Å². The molecule has 0 saturated carbocycles. The van der Waals surface area contributed by atoms with Gasteiger partial charge in [-0.15, -0.1) is 0 Å². The van der Waals surface area contributed by atoms with Gasteiger partial charge in [0, 0.05) is 12.7 Å². The Morgan fingerprint density at radius 1 is 1.03 bits per heavy atom. The lowest BCUT2D eigenvalue weighted by Gasteiger charge is -2.03. The second-order valence-electron chi connectivity index (χ2n) is 5.96. The van der Waals surface area contributed by atoms with Crippen molar-refractivity contribution >= 4 is 35.8 Å². The molecule has 1 N–H and O–H groups in total. The molecule has 0 unspecified atom stereocenters. The Morgan fingerprint density at radius 2 is 1.52 bits per heavy atom. The summed E-state index contributed by atoms with van der Waals surface area (Å²) in [6.07, 6.45) is 2.78. The van der Waals surface area contributed by atoms with E-state index in [9.17, 15) is 9.59 Å². The number of carbonyl (C=O) groups is 2. The summed E-state index contributed by atoms with van der Waals surface area (Å²) in [5.41, 5.74) is 4.41. The van der Waals surface area contributed by atoms with Crippen LogP contribution in [0.4, 0.5) is 0 Å². The van der Waals surface area contributed by atoms with E-state index in [-0.39, 0.29) is 5.78 Å². The van der Waals surface area contributed by atoms with Crippen molar-refractivity contribution < 1.29 is 9.59 Å². The van der Waals surface area contributed by atoms with Crippen LogP contribution >= 0.6 is 11.6 Å². The number of rotatable bonds is 4. The van der Waals surface area contributed by atoms with Crippen molar-refractivity contribution in [3.8, 4) is 0 Å². The normalized spacial score (nSPS) is 11.8. The number of carbonyl (C=O) groups excluding carboxylic acids is 2. The molecule has 0 fully saturated rings. The van der Waals surface area contributed by atoms with Gasteiger partial charge in [0.2, 0.25) is 0 Å². The zero-order valence-electron chi connectivity index (χ0n) is 20.2. The first-order chi connectivity index (χ1) is 13.6. The third-order valence-electron chi connectivity index (χ3n) is 3.98. The smallest absolute Gasteiger partial charge is 0.155 e. The first-order valence-electron chi connectivity index (χ1n) is 10.0. The fourth-order valence-electron chi connectivity index (χ4n) is 1.95.